The number of thiophene rings is 1. The van der Waals surface area contributed by atoms with E-state index in [-0.39, 0.29) is 5.41 Å². The molecule has 0 amide bonds. The third-order valence-electron chi connectivity index (χ3n) is 10.4. The molecule has 1 aliphatic rings. The molecule has 0 unspecified atom stereocenters. The maximum absolute atomic E-state index is 2.41. The van der Waals surface area contributed by atoms with Crippen molar-refractivity contribution in [3.05, 3.63) is 157 Å². The minimum absolute atomic E-state index is 0.145. The van der Waals surface area contributed by atoms with E-state index in [1.165, 1.54) is 97.0 Å². The van der Waals surface area contributed by atoms with Gasteiger partial charge in [0, 0.05) is 25.6 Å². The zero-order valence-corrected chi connectivity index (χ0v) is 26.6. The van der Waals surface area contributed by atoms with Crippen LogP contribution in [0.5, 0.6) is 0 Å². The topological polar surface area (TPSA) is 0 Å². The molecule has 0 nitrogen and oxygen atoms in total. The van der Waals surface area contributed by atoms with E-state index < -0.39 is 0 Å². The molecule has 0 atom stereocenters. The SMILES string of the molecule is CC1(C)c2ccc3ccccc3c2-c2cccc(-c3c4ccccc4c(-c4cccc5sc6ccccc6c45)c4ccccc34)c21. The highest BCUT2D eigenvalue weighted by Crippen LogP contribution is 2.56. The molecular formula is C45H30S. The molecule has 9 aromatic rings. The van der Waals surface area contributed by atoms with E-state index in [2.05, 4.69) is 159 Å². The van der Waals surface area contributed by atoms with E-state index in [0.717, 1.165) is 0 Å². The van der Waals surface area contributed by atoms with E-state index in [0.29, 0.717) is 0 Å². The lowest BCUT2D eigenvalue weighted by Gasteiger charge is -2.26. The molecule has 1 aliphatic carbocycles. The summed E-state index contributed by atoms with van der Waals surface area (Å²) in [5.74, 6) is 0. The minimum atomic E-state index is -0.145. The molecule has 46 heavy (non-hydrogen) atoms. The van der Waals surface area contributed by atoms with Crippen LogP contribution in [0.4, 0.5) is 0 Å². The van der Waals surface area contributed by atoms with Crippen LogP contribution < -0.4 is 0 Å². The Bertz CT molecular complexity index is 2660. The van der Waals surface area contributed by atoms with Gasteiger partial charge in [-0.2, -0.15) is 0 Å². The normalized spacial score (nSPS) is 13.6. The summed E-state index contributed by atoms with van der Waals surface area (Å²) in [7, 11) is 0. The molecule has 10 rings (SSSR count). The van der Waals surface area contributed by atoms with Crippen molar-refractivity contribution >= 4 is 63.8 Å². The Morgan fingerprint density at radius 3 is 1.59 bits per heavy atom. The lowest BCUT2D eigenvalue weighted by molar-refractivity contribution is 0.663. The first-order valence-electron chi connectivity index (χ1n) is 16.1. The molecule has 1 heteroatoms. The van der Waals surface area contributed by atoms with Gasteiger partial charge in [0.2, 0.25) is 0 Å². The van der Waals surface area contributed by atoms with Gasteiger partial charge in [-0.1, -0.05) is 147 Å². The average molecular weight is 603 g/mol. The summed E-state index contributed by atoms with van der Waals surface area (Å²) in [5.41, 5.74) is 10.7. The molecule has 0 saturated carbocycles. The highest BCUT2D eigenvalue weighted by atomic mass is 32.1. The van der Waals surface area contributed by atoms with Crippen molar-refractivity contribution in [2.24, 2.45) is 0 Å². The van der Waals surface area contributed by atoms with Gasteiger partial charge in [-0.05, 0) is 89.0 Å². The predicted molar refractivity (Wildman–Crippen MR) is 200 cm³/mol. The summed E-state index contributed by atoms with van der Waals surface area (Å²) >= 11 is 1.89. The van der Waals surface area contributed by atoms with Crippen molar-refractivity contribution in [3.63, 3.8) is 0 Å². The Kier molecular flexibility index (Phi) is 5.31. The highest BCUT2D eigenvalue weighted by Gasteiger charge is 2.39. The van der Waals surface area contributed by atoms with Gasteiger partial charge in [-0.25, -0.2) is 0 Å². The second-order valence-corrected chi connectivity index (χ2v) is 14.3. The Hall–Kier alpha value is -5.24. The largest absolute Gasteiger partial charge is 0.135 e. The zero-order valence-electron chi connectivity index (χ0n) is 25.8. The van der Waals surface area contributed by atoms with Crippen molar-refractivity contribution in [2.75, 3.05) is 0 Å². The Labute approximate surface area is 272 Å². The van der Waals surface area contributed by atoms with Crippen molar-refractivity contribution in [3.8, 4) is 33.4 Å². The molecule has 0 bridgehead atoms. The lowest BCUT2D eigenvalue weighted by atomic mass is 9.76. The first-order valence-corrected chi connectivity index (χ1v) is 16.9. The van der Waals surface area contributed by atoms with Crippen LogP contribution in [0.15, 0.2) is 146 Å². The third-order valence-corrected chi connectivity index (χ3v) is 11.6. The fraction of sp³-hybridized carbons (Fsp3) is 0.0667. The van der Waals surface area contributed by atoms with Gasteiger partial charge in [0.15, 0.2) is 0 Å². The predicted octanol–water partition coefficient (Wildman–Crippen LogP) is 13.2. The quantitative estimate of drug-likeness (QED) is 0.173. The summed E-state index contributed by atoms with van der Waals surface area (Å²) < 4.78 is 2.67. The zero-order chi connectivity index (χ0) is 30.6. The molecule has 8 aromatic carbocycles. The summed E-state index contributed by atoms with van der Waals surface area (Å²) in [6.45, 7) is 4.83. The second-order valence-electron chi connectivity index (χ2n) is 13.2. The van der Waals surface area contributed by atoms with Gasteiger partial charge in [0.25, 0.3) is 0 Å². The molecule has 0 radical (unpaired) electrons. The summed E-state index contributed by atoms with van der Waals surface area (Å²) in [5, 5.41) is 10.5. The van der Waals surface area contributed by atoms with E-state index in [1.807, 2.05) is 11.3 Å². The van der Waals surface area contributed by atoms with Gasteiger partial charge < -0.3 is 0 Å². The fourth-order valence-electron chi connectivity index (χ4n) is 8.55. The Morgan fingerprint density at radius 2 is 0.891 bits per heavy atom. The fourth-order valence-corrected chi connectivity index (χ4v) is 9.68. The maximum atomic E-state index is 2.41. The molecule has 0 saturated heterocycles. The molecular weight excluding hydrogens is 573 g/mol. The van der Waals surface area contributed by atoms with Crippen molar-refractivity contribution in [1.82, 2.24) is 0 Å². The highest BCUT2D eigenvalue weighted by molar-refractivity contribution is 7.25. The van der Waals surface area contributed by atoms with Crippen molar-refractivity contribution in [2.45, 2.75) is 19.3 Å². The Morgan fingerprint density at radius 1 is 0.391 bits per heavy atom. The number of hydrogen-bond donors (Lipinski definition) is 0. The van der Waals surface area contributed by atoms with Crippen molar-refractivity contribution < 1.29 is 0 Å². The van der Waals surface area contributed by atoms with Crippen LogP contribution >= 0.6 is 11.3 Å². The molecule has 216 valence electrons. The van der Waals surface area contributed by atoms with E-state index in [4.69, 9.17) is 0 Å². The summed E-state index contributed by atoms with van der Waals surface area (Å²) in [6.07, 6.45) is 0. The average Bonchev–Trinajstić information content (AvgIpc) is 3.60. The number of fused-ring (bicyclic) bond motifs is 10. The monoisotopic (exact) mass is 602 g/mol. The Balaban J connectivity index is 1.35. The van der Waals surface area contributed by atoms with Crippen LogP contribution in [0.1, 0.15) is 25.0 Å². The van der Waals surface area contributed by atoms with Gasteiger partial charge in [-0.15, -0.1) is 11.3 Å². The smallest absolute Gasteiger partial charge is 0.0361 e. The van der Waals surface area contributed by atoms with Crippen molar-refractivity contribution in [1.29, 1.82) is 0 Å². The molecule has 1 aromatic heterocycles. The van der Waals surface area contributed by atoms with E-state index >= 15 is 0 Å². The van der Waals surface area contributed by atoms with Crippen LogP contribution in [0, 0.1) is 0 Å². The molecule has 0 aliphatic heterocycles. The first-order chi connectivity index (χ1) is 22.6. The number of rotatable bonds is 2. The molecule has 0 fully saturated rings. The van der Waals surface area contributed by atoms with Gasteiger partial charge in [-0.3, -0.25) is 0 Å². The number of benzene rings is 8. The first kappa shape index (κ1) is 26.0. The minimum Gasteiger partial charge on any atom is -0.135 e. The summed E-state index contributed by atoms with van der Waals surface area (Å²) in [6, 6.07) is 54.4. The molecule has 0 spiro atoms. The van der Waals surface area contributed by atoms with Crippen LogP contribution in [0.3, 0.4) is 0 Å². The standard InChI is InChI=1S/C45H30S/c1-45(2)37-26-25-27-13-3-4-14-28(27)42(37)36-22-11-21-35(44(36)45)41-31-17-7-5-15-29(31)40(30-16-6-8-18-32(30)41)34-20-12-24-39-43(34)33-19-9-10-23-38(33)46-39/h3-26H,1-2H3. The van der Waals surface area contributed by atoms with Gasteiger partial charge in [0.1, 0.15) is 0 Å². The van der Waals surface area contributed by atoms with Crippen LogP contribution in [0.2, 0.25) is 0 Å². The second kappa shape index (κ2) is 9.39. The lowest BCUT2D eigenvalue weighted by Crippen LogP contribution is -2.16. The van der Waals surface area contributed by atoms with Gasteiger partial charge in [0.05, 0.1) is 0 Å². The van der Waals surface area contributed by atoms with Gasteiger partial charge >= 0.3 is 0 Å². The molecule has 0 N–H and O–H groups in total. The van der Waals surface area contributed by atoms with Crippen LogP contribution in [0.25, 0.3) is 85.9 Å². The van der Waals surface area contributed by atoms with Crippen LogP contribution in [-0.2, 0) is 5.41 Å². The number of hydrogen-bond acceptors (Lipinski definition) is 1. The summed E-state index contributed by atoms with van der Waals surface area (Å²) in [4.78, 5) is 0. The third kappa shape index (κ3) is 3.39. The maximum Gasteiger partial charge on any atom is 0.0361 e. The molecule has 1 heterocycles. The van der Waals surface area contributed by atoms with Crippen LogP contribution in [-0.4, -0.2) is 0 Å². The van der Waals surface area contributed by atoms with E-state index in [1.54, 1.807) is 0 Å². The van der Waals surface area contributed by atoms with E-state index in [9.17, 15) is 0 Å².